The van der Waals surface area contributed by atoms with Gasteiger partial charge < -0.3 is 14.4 Å². The average molecular weight is 326 g/mol. The zero-order valence-corrected chi connectivity index (χ0v) is 14.6. The third kappa shape index (κ3) is 11.3. The largest absolute Gasteiger partial charge is 0.476 e. The maximum absolute atomic E-state index is 12.0. The molecule has 0 spiro atoms. The number of hydrogen-bond donors (Lipinski definition) is 1. The van der Waals surface area contributed by atoms with Crippen molar-refractivity contribution >= 4 is 7.82 Å². The van der Waals surface area contributed by atoms with E-state index in [4.69, 9.17) is 18.5 Å². The SMILES string of the molecule is CCCCOC(CC)OP(=O)(O)OC(CC)OCCCC. The van der Waals surface area contributed by atoms with Crippen molar-refractivity contribution in [3.8, 4) is 0 Å². The number of phosphoric ester groups is 1. The van der Waals surface area contributed by atoms with E-state index in [1.165, 1.54) is 0 Å². The summed E-state index contributed by atoms with van der Waals surface area (Å²) in [7, 11) is -4.19. The molecule has 0 saturated heterocycles. The van der Waals surface area contributed by atoms with Crippen LogP contribution in [-0.4, -0.2) is 30.7 Å². The van der Waals surface area contributed by atoms with E-state index in [0.717, 1.165) is 25.7 Å². The molecular weight excluding hydrogens is 295 g/mol. The third-order valence-electron chi connectivity index (χ3n) is 2.77. The summed E-state index contributed by atoms with van der Waals surface area (Å²) >= 11 is 0. The van der Waals surface area contributed by atoms with E-state index < -0.39 is 20.4 Å². The highest BCUT2D eigenvalue weighted by atomic mass is 31.2. The standard InChI is InChI=1S/C14H31O6P/c1-5-9-11-17-13(7-3)19-21(15,16)20-14(8-4)18-12-10-6-2/h13-14H,5-12H2,1-4H3,(H,15,16). The second-order valence-electron chi connectivity index (χ2n) is 4.80. The smallest absolute Gasteiger partial charge is 0.352 e. The zero-order chi connectivity index (χ0) is 16.1. The van der Waals surface area contributed by atoms with Gasteiger partial charge >= 0.3 is 7.82 Å². The van der Waals surface area contributed by atoms with Gasteiger partial charge in [0.25, 0.3) is 0 Å². The Hall–Kier alpha value is 0.0300. The lowest BCUT2D eigenvalue weighted by Crippen LogP contribution is -2.20. The fraction of sp³-hybridized carbons (Fsp3) is 1.00. The molecule has 128 valence electrons. The lowest BCUT2D eigenvalue weighted by Gasteiger charge is -2.23. The maximum atomic E-state index is 12.0. The van der Waals surface area contributed by atoms with E-state index in [0.29, 0.717) is 26.1 Å². The monoisotopic (exact) mass is 326 g/mol. The fourth-order valence-corrected chi connectivity index (χ4v) is 2.55. The van der Waals surface area contributed by atoms with Gasteiger partial charge in [-0.15, -0.1) is 0 Å². The van der Waals surface area contributed by atoms with Crippen LogP contribution >= 0.6 is 7.82 Å². The normalized spacial score (nSPS) is 17.4. The predicted molar refractivity (Wildman–Crippen MR) is 81.9 cm³/mol. The second kappa shape index (κ2) is 12.6. The van der Waals surface area contributed by atoms with Gasteiger partial charge in [0.2, 0.25) is 0 Å². The lowest BCUT2D eigenvalue weighted by atomic mass is 10.4. The van der Waals surface area contributed by atoms with Gasteiger partial charge in [0.05, 0.1) is 0 Å². The molecule has 0 aliphatic carbocycles. The van der Waals surface area contributed by atoms with E-state index in [9.17, 15) is 9.46 Å². The van der Waals surface area contributed by atoms with Gasteiger partial charge in [-0.05, 0) is 25.7 Å². The summed E-state index contributed by atoms with van der Waals surface area (Å²) in [5, 5.41) is 0. The molecular formula is C14H31O6P. The van der Waals surface area contributed by atoms with Gasteiger partial charge in [-0.1, -0.05) is 40.5 Å². The molecule has 0 fully saturated rings. The first kappa shape index (κ1) is 21.0. The van der Waals surface area contributed by atoms with Crippen LogP contribution in [0.5, 0.6) is 0 Å². The zero-order valence-electron chi connectivity index (χ0n) is 13.7. The van der Waals surface area contributed by atoms with Crippen molar-refractivity contribution in [2.75, 3.05) is 13.2 Å². The Morgan fingerprint density at radius 1 is 0.857 bits per heavy atom. The molecule has 0 amide bonds. The van der Waals surface area contributed by atoms with Crippen LogP contribution < -0.4 is 0 Å². The van der Waals surface area contributed by atoms with Gasteiger partial charge in [-0.3, -0.25) is 9.05 Å². The molecule has 0 aliphatic heterocycles. The van der Waals surface area contributed by atoms with Crippen molar-refractivity contribution in [2.45, 2.75) is 78.8 Å². The van der Waals surface area contributed by atoms with Crippen LogP contribution in [0.25, 0.3) is 0 Å². The third-order valence-corrected chi connectivity index (χ3v) is 3.77. The van der Waals surface area contributed by atoms with Crippen molar-refractivity contribution in [1.29, 1.82) is 0 Å². The molecule has 0 aromatic heterocycles. The minimum atomic E-state index is -4.19. The Labute approximate surface area is 128 Å². The van der Waals surface area contributed by atoms with E-state index in [1.54, 1.807) is 0 Å². The van der Waals surface area contributed by atoms with Crippen molar-refractivity contribution in [1.82, 2.24) is 0 Å². The summed E-state index contributed by atoms with van der Waals surface area (Å²) in [5.74, 6) is 0. The van der Waals surface area contributed by atoms with Crippen molar-refractivity contribution in [3.63, 3.8) is 0 Å². The Bertz CT molecular complexity index is 263. The number of unbranched alkanes of at least 4 members (excludes halogenated alkanes) is 2. The van der Waals surface area contributed by atoms with Gasteiger partial charge in [-0.25, -0.2) is 4.57 Å². The topological polar surface area (TPSA) is 74.2 Å². The molecule has 6 nitrogen and oxygen atoms in total. The van der Waals surface area contributed by atoms with E-state index >= 15 is 0 Å². The summed E-state index contributed by atoms with van der Waals surface area (Å²) in [6, 6.07) is 0. The number of phosphoric acid groups is 1. The van der Waals surface area contributed by atoms with Crippen LogP contribution in [0.2, 0.25) is 0 Å². The maximum Gasteiger partial charge on any atom is 0.476 e. The quantitative estimate of drug-likeness (QED) is 0.292. The average Bonchev–Trinajstić information content (AvgIpc) is 2.45. The Morgan fingerprint density at radius 3 is 1.52 bits per heavy atom. The highest BCUT2D eigenvalue weighted by molar-refractivity contribution is 7.47. The highest BCUT2D eigenvalue weighted by Gasteiger charge is 2.30. The molecule has 0 rings (SSSR count). The molecule has 2 atom stereocenters. The number of ether oxygens (including phenoxy) is 2. The Kier molecular flexibility index (Phi) is 12.6. The Morgan fingerprint density at radius 2 is 1.24 bits per heavy atom. The minimum Gasteiger partial charge on any atom is -0.352 e. The fourth-order valence-electron chi connectivity index (χ4n) is 1.49. The first-order valence-electron chi connectivity index (χ1n) is 7.91. The number of rotatable bonds is 14. The number of hydrogen-bond acceptors (Lipinski definition) is 5. The highest BCUT2D eigenvalue weighted by Crippen LogP contribution is 2.47. The van der Waals surface area contributed by atoms with Gasteiger partial charge in [0.15, 0.2) is 12.6 Å². The van der Waals surface area contributed by atoms with E-state index in [2.05, 4.69) is 0 Å². The molecule has 0 bridgehead atoms. The summed E-state index contributed by atoms with van der Waals surface area (Å²) < 4.78 is 32.9. The summed E-state index contributed by atoms with van der Waals surface area (Å²) in [6.45, 7) is 8.74. The first-order chi connectivity index (χ1) is 9.99. The van der Waals surface area contributed by atoms with Crippen LogP contribution in [0.4, 0.5) is 0 Å². The van der Waals surface area contributed by atoms with Gasteiger partial charge in [-0.2, -0.15) is 0 Å². The van der Waals surface area contributed by atoms with E-state index in [1.807, 2.05) is 27.7 Å². The first-order valence-corrected chi connectivity index (χ1v) is 9.41. The molecule has 7 heteroatoms. The molecule has 0 radical (unpaired) electrons. The van der Waals surface area contributed by atoms with Crippen LogP contribution in [0.15, 0.2) is 0 Å². The predicted octanol–water partition coefficient (Wildman–Crippen LogP) is 4.23. The minimum absolute atomic E-state index is 0.477. The van der Waals surface area contributed by atoms with E-state index in [-0.39, 0.29) is 0 Å². The van der Waals surface area contributed by atoms with Crippen molar-refractivity contribution < 1.29 is 28.0 Å². The van der Waals surface area contributed by atoms with Crippen LogP contribution in [0, 0.1) is 0 Å². The van der Waals surface area contributed by atoms with Crippen molar-refractivity contribution in [3.05, 3.63) is 0 Å². The summed E-state index contributed by atoms with van der Waals surface area (Å²) in [4.78, 5) is 9.78. The van der Waals surface area contributed by atoms with Crippen LogP contribution in [0.1, 0.15) is 66.2 Å². The van der Waals surface area contributed by atoms with Crippen LogP contribution in [0.3, 0.4) is 0 Å². The molecule has 21 heavy (non-hydrogen) atoms. The second-order valence-corrected chi connectivity index (χ2v) is 6.16. The van der Waals surface area contributed by atoms with Gasteiger partial charge in [0.1, 0.15) is 0 Å². The summed E-state index contributed by atoms with van der Waals surface area (Å²) in [6.07, 6.45) is 3.24. The lowest BCUT2D eigenvalue weighted by molar-refractivity contribution is -0.131. The Balaban J connectivity index is 4.25. The molecule has 0 aromatic rings. The van der Waals surface area contributed by atoms with Gasteiger partial charge in [0, 0.05) is 13.2 Å². The molecule has 0 heterocycles. The van der Waals surface area contributed by atoms with Crippen LogP contribution in [-0.2, 0) is 23.1 Å². The molecule has 0 aliphatic rings. The molecule has 0 aromatic carbocycles. The van der Waals surface area contributed by atoms with Crippen molar-refractivity contribution in [2.24, 2.45) is 0 Å². The molecule has 1 N–H and O–H groups in total. The molecule has 0 saturated carbocycles. The summed E-state index contributed by atoms with van der Waals surface area (Å²) in [5.41, 5.74) is 0. The molecule has 2 unspecified atom stereocenters.